The highest BCUT2D eigenvalue weighted by Gasteiger charge is 2.22. The molecule has 1 N–H and O–H groups in total. The van der Waals surface area contributed by atoms with Crippen molar-refractivity contribution in [3.8, 4) is 0 Å². The van der Waals surface area contributed by atoms with Crippen LogP contribution in [0, 0.1) is 0 Å². The number of para-hydroxylation sites is 1. The highest BCUT2D eigenvalue weighted by atomic mass is 32.2. The van der Waals surface area contributed by atoms with Gasteiger partial charge in [0.1, 0.15) is 0 Å². The number of thiazole rings is 1. The smallest absolute Gasteiger partial charge is 0.240 e. The van der Waals surface area contributed by atoms with Gasteiger partial charge in [-0.3, -0.25) is 4.79 Å². The second kappa shape index (κ2) is 7.38. The summed E-state index contributed by atoms with van der Waals surface area (Å²) in [4.78, 5) is 18.2. The number of carbonyl (C=O) groups excluding carboxylic acids is 1. The number of sulfonamides is 1. The lowest BCUT2D eigenvalue weighted by molar-refractivity contribution is -0.117. The van der Waals surface area contributed by atoms with Crippen LogP contribution >= 0.6 is 11.3 Å². The Kier molecular flexibility index (Phi) is 4.94. The average molecular weight is 402 g/mol. The quantitative estimate of drug-likeness (QED) is 0.689. The number of fused-ring (bicyclic) bond motifs is 1. The number of aromatic nitrogens is 1. The van der Waals surface area contributed by atoms with Gasteiger partial charge in [-0.05, 0) is 42.8 Å². The molecule has 3 aromatic rings. The molecule has 6 nitrogen and oxygen atoms in total. The molecule has 1 aliphatic heterocycles. The van der Waals surface area contributed by atoms with Crippen LogP contribution in [0.5, 0.6) is 0 Å². The Morgan fingerprint density at radius 2 is 1.89 bits per heavy atom. The topological polar surface area (TPSA) is 79.4 Å². The summed E-state index contributed by atoms with van der Waals surface area (Å²) in [5, 5.41) is 0.904. The molecule has 1 amide bonds. The van der Waals surface area contributed by atoms with Crippen molar-refractivity contribution in [3.63, 3.8) is 0 Å². The SMILES string of the molecule is O=C1CCCN1c1ccc(S(=O)(=O)NCCc2nc3ccccc3s2)cc1. The Bertz CT molecular complexity index is 1040. The molecule has 0 aliphatic carbocycles. The molecular weight excluding hydrogens is 382 g/mol. The number of nitrogens with one attached hydrogen (secondary N) is 1. The van der Waals surface area contributed by atoms with Gasteiger partial charge < -0.3 is 4.90 Å². The standard InChI is InChI=1S/C19H19N3O3S2/c23-19-6-3-13-22(19)14-7-9-15(10-8-14)27(24,25)20-12-11-18-21-16-4-1-2-5-17(16)26-18/h1-2,4-5,7-10,20H,3,6,11-13H2. The summed E-state index contributed by atoms with van der Waals surface area (Å²) in [5.41, 5.74) is 1.68. The molecule has 4 rings (SSSR count). The van der Waals surface area contributed by atoms with E-state index in [0.717, 1.165) is 27.3 Å². The summed E-state index contributed by atoms with van der Waals surface area (Å²) in [6.45, 7) is 0.972. The van der Waals surface area contributed by atoms with E-state index in [1.54, 1.807) is 40.5 Å². The molecule has 1 saturated heterocycles. The van der Waals surface area contributed by atoms with E-state index in [1.165, 1.54) is 0 Å². The fraction of sp³-hybridized carbons (Fsp3) is 0.263. The zero-order chi connectivity index (χ0) is 18.9. The Hall–Kier alpha value is -2.29. The van der Waals surface area contributed by atoms with E-state index < -0.39 is 10.0 Å². The van der Waals surface area contributed by atoms with Gasteiger partial charge in [0.15, 0.2) is 0 Å². The molecule has 1 fully saturated rings. The van der Waals surface area contributed by atoms with Gasteiger partial charge in [0.25, 0.3) is 0 Å². The normalized spacial score (nSPS) is 15.0. The van der Waals surface area contributed by atoms with E-state index >= 15 is 0 Å². The van der Waals surface area contributed by atoms with Crippen molar-refractivity contribution in [2.75, 3.05) is 18.0 Å². The van der Waals surface area contributed by atoms with Crippen molar-refractivity contribution >= 4 is 43.2 Å². The lowest BCUT2D eigenvalue weighted by atomic mass is 10.3. The van der Waals surface area contributed by atoms with Crippen LogP contribution in [0.2, 0.25) is 0 Å². The van der Waals surface area contributed by atoms with E-state index in [0.29, 0.717) is 19.4 Å². The minimum atomic E-state index is -3.59. The van der Waals surface area contributed by atoms with E-state index in [2.05, 4.69) is 9.71 Å². The third kappa shape index (κ3) is 3.87. The minimum Gasteiger partial charge on any atom is -0.312 e. The summed E-state index contributed by atoms with van der Waals surface area (Å²) in [6, 6.07) is 14.3. The van der Waals surface area contributed by atoms with E-state index in [-0.39, 0.29) is 17.3 Å². The highest BCUT2D eigenvalue weighted by Crippen LogP contribution is 2.23. The molecule has 140 valence electrons. The molecule has 0 atom stereocenters. The number of benzene rings is 2. The van der Waals surface area contributed by atoms with Crippen molar-refractivity contribution in [3.05, 3.63) is 53.5 Å². The van der Waals surface area contributed by atoms with Crippen molar-refractivity contribution < 1.29 is 13.2 Å². The Balaban J connectivity index is 1.40. The molecule has 1 aromatic heterocycles. The zero-order valence-corrected chi connectivity index (χ0v) is 16.2. The van der Waals surface area contributed by atoms with Crippen molar-refractivity contribution in [1.82, 2.24) is 9.71 Å². The molecule has 0 saturated carbocycles. The zero-order valence-electron chi connectivity index (χ0n) is 14.6. The average Bonchev–Trinajstić information content (AvgIpc) is 3.27. The molecule has 1 aliphatic rings. The summed E-state index contributed by atoms with van der Waals surface area (Å²) >= 11 is 1.58. The number of amides is 1. The molecule has 0 spiro atoms. The van der Waals surface area contributed by atoms with E-state index in [9.17, 15) is 13.2 Å². The Labute approximate surface area is 161 Å². The van der Waals surface area contributed by atoms with Gasteiger partial charge in [0, 0.05) is 31.6 Å². The van der Waals surface area contributed by atoms with Gasteiger partial charge in [-0.2, -0.15) is 0 Å². The first kappa shape index (κ1) is 18.1. The maximum absolute atomic E-state index is 12.5. The molecule has 8 heteroatoms. The van der Waals surface area contributed by atoms with Crippen LogP contribution in [0.1, 0.15) is 17.8 Å². The fourth-order valence-electron chi connectivity index (χ4n) is 3.13. The third-order valence-electron chi connectivity index (χ3n) is 4.50. The number of rotatable bonds is 6. The van der Waals surface area contributed by atoms with Gasteiger partial charge in [-0.1, -0.05) is 12.1 Å². The van der Waals surface area contributed by atoms with Gasteiger partial charge in [-0.15, -0.1) is 11.3 Å². The number of hydrogen-bond acceptors (Lipinski definition) is 5. The van der Waals surface area contributed by atoms with E-state index in [1.807, 2.05) is 24.3 Å². The number of hydrogen-bond donors (Lipinski definition) is 1. The Morgan fingerprint density at radius 1 is 1.11 bits per heavy atom. The van der Waals surface area contributed by atoms with Crippen LogP contribution in [0.3, 0.4) is 0 Å². The molecule has 27 heavy (non-hydrogen) atoms. The minimum absolute atomic E-state index is 0.0829. The van der Waals surface area contributed by atoms with Crippen LogP contribution in [0.25, 0.3) is 10.2 Å². The summed E-state index contributed by atoms with van der Waals surface area (Å²) in [5.74, 6) is 0.0829. The number of anilines is 1. The third-order valence-corrected chi connectivity index (χ3v) is 7.07. The maximum atomic E-state index is 12.5. The first-order valence-electron chi connectivity index (χ1n) is 8.77. The Morgan fingerprint density at radius 3 is 2.59 bits per heavy atom. The number of nitrogens with zero attached hydrogens (tertiary/aromatic N) is 2. The molecular formula is C19H19N3O3S2. The molecule has 2 heterocycles. The molecule has 2 aromatic carbocycles. The highest BCUT2D eigenvalue weighted by molar-refractivity contribution is 7.89. The predicted molar refractivity (Wildman–Crippen MR) is 107 cm³/mol. The van der Waals surface area contributed by atoms with Crippen molar-refractivity contribution in [2.24, 2.45) is 0 Å². The maximum Gasteiger partial charge on any atom is 0.240 e. The largest absolute Gasteiger partial charge is 0.312 e. The second-order valence-electron chi connectivity index (χ2n) is 6.37. The lowest BCUT2D eigenvalue weighted by Crippen LogP contribution is -2.26. The monoisotopic (exact) mass is 401 g/mol. The summed E-state index contributed by atoms with van der Waals surface area (Å²) in [6.07, 6.45) is 1.93. The van der Waals surface area contributed by atoms with Crippen molar-refractivity contribution in [1.29, 1.82) is 0 Å². The molecule has 0 unspecified atom stereocenters. The van der Waals surface area contributed by atoms with Crippen LogP contribution in [0.4, 0.5) is 5.69 Å². The van der Waals surface area contributed by atoms with Crippen LogP contribution in [-0.2, 0) is 21.2 Å². The number of carbonyl (C=O) groups is 1. The van der Waals surface area contributed by atoms with Gasteiger partial charge >= 0.3 is 0 Å². The first-order chi connectivity index (χ1) is 13.0. The second-order valence-corrected chi connectivity index (χ2v) is 9.25. The molecule has 0 radical (unpaired) electrons. The van der Waals surface area contributed by atoms with Crippen LogP contribution < -0.4 is 9.62 Å². The molecule has 0 bridgehead atoms. The summed E-state index contributed by atoms with van der Waals surface area (Å²) < 4.78 is 28.7. The fourth-order valence-corrected chi connectivity index (χ4v) is 5.13. The van der Waals surface area contributed by atoms with E-state index in [4.69, 9.17) is 0 Å². The van der Waals surface area contributed by atoms with Gasteiger partial charge in [0.05, 0.1) is 20.1 Å². The van der Waals surface area contributed by atoms with Gasteiger partial charge in [-0.25, -0.2) is 18.1 Å². The van der Waals surface area contributed by atoms with Crippen LogP contribution in [0.15, 0.2) is 53.4 Å². The predicted octanol–water partition coefficient (Wildman–Crippen LogP) is 2.94. The summed E-state index contributed by atoms with van der Waals surface area (Å²) in [7, 11) is -3.59. The van der Waals surface area contributed by atoms with Crippen LogP contribution in [-0.4, -0.2) is 32.4 Å². The lowest BCUT2D eigenvalue weighted by Gasteiger charge is -2.16. The van der Waals surface area contributed by atoms with Crippen molar-refractivity contribution in [2.45, 2.75) is 24.2 Å². The first-order valence-corrected chi connectivity index (χ1v) is 11.1. The van der Waals surface area contributed by atoms with Gasteiger partial charge in [0.2, 0.25) is 15.9 Å².